The Morgan fingerprint density at radius 1 is 1.17 bits per heavy atom. The third kappa shape index (κ3) is 5.75. The molecule has 1 heterocycles. The van der Waals surface area contributed by atoms with Crippen LogP contribution in [0.2, 0.25) is 0 Å². The first-order valence-electron chi connectivity index (χ1n) is 8.63. The summed E-state index contributed by atoms with van der Waals surface area (Å²) in [5.41, 5.74) is 0.805. The van der Waals surface area contributed by atoms with E-state index in [-0.39, 0.29) is 12.1 Å². The number of nitrogens with zero attached hydrogens (tertiary/aromatic N) is 2. The number of hydrogen-bond donors (Lipinski definition) is 1. The van der Waals surface area contributed by atoms with Crippen molar-refractivity contribution in [1.29, 1.82) is 0 Å². The van der Waals surface area contributed by atoms with Crippen LogP contribution in [0.15, 0.2) is 24.3 Å². The summed E-state index contributed by atoms with van der Waals surface area (Å²) in [6, 6.07) is 7.52. The smallest absolute Gasteiger partial charge is 0.321 e. The van der Waals surface area contributed by atoms with Gasteiger partial charge in [-0.15, -0.1) is 0 Å². The van der Waals surface area contributed by atoms with Crippen molar-refractivity contribution < 1.29 is 9.53 Å². The largest absolute Gasteiger partial charge is 0.491 e. The van der Waals surface area contributed by atoms with E-state index in [1.54, 1.807) is 0 Å². The van der Waals surface area contributed by atoms with Gasteiger partial charge in [-0.2, -0.15) is 0 Å². The monoisotopic (exact) mass is 319 g/mol. The molecule has 1 aliphatic rings. The minimum absolute atomic E-state index is 0.0160. The van der Waals surface area contributed by atoms with Gasteiger partial charge in [-0.05, 0) is 51.1 Å². The molecule has 2 rings (SSSR count). The highest BCUT2D eigenvalue weighted by Crippen LogP contribution is 2.17. The number of anilines is 1. The van der Waals surface area contributed by atoms with Gasteiger partial charge >= 0.3 is 6.03 Å². The summed E-state index contributed by atoms with van der Waals surface area (Å²) in [4.78, 5) is 16.6. The van der Waals surface area contributed by atoms with Gasteiger partial charge in [0.05, 0.1) is 6.10 Å². The van der Waals surface area contributed by atoms with Crippen LogP contribution in [-0.4, -0.2) is 54.7 Å². The number of unbranched alkanes of at least 4 members (excludes halogenated alkanes) is 1. The van der Waals surface area contributed by atoms with E-state index >= 15 is 0 Å². The minimum Gasteiger partial charge on any atom is -0.491 e. The Morgan fingerprint density at radius 2 is 1.83 bits per heavy atom. The van der Waals surface area contributed by atoms with Gasteiger partial charge in [0, 0.05) is 31.9 Å². The fraction of sp³-hybridized carbons (Fsp3) is 0.611. The molecular formula is C18H29N3O2. The zero-order chi connectivity index (χ0) is 16.7. The Balaban J connectivity index is 1.78. The summed E-state index contributed by atoms with van der Waals surface area (Å²) in [5, 5.41) is 2.96. The second kappa shape index (κ2) is 8.77. The lowest BCUT2D eigenvalue weighted by Gasteiger charge is -2.34. The molecule has 5 nitrogen and oxygen atoms in total. The van der Waals surface area contributed by atoms with Crippen molar-refractivity contribution in [3.05, 3.63) is 24.3 Å². The molecule has 1 aromatic carbocycles. The zero-order valence-corrected chi connectivity index (χ0v) is 14.5. The van der Waals surface area contributed by atoms with E-state index < -0.39 is 0 Å². The van der Waals surface area contributed by atoms with Crippen molar-refractivity contribution in [2.24, 2.45) is 0 Å². The van der Waals surface area contributed by atoms with Gasteiger partial charge in [0.25, 0.3) is 0 Å². The number of carbonyl (C=O) groups excluding carboxylic acids is 1. The number of nitrogens with one attached hydrogen (secondary N) is 1. The molecule has 1 fully saturated rings. The van der Waals surface area contributed by atoms with E-state index in [0.717, 1.165) is 44.2 Å². The molecule has 1 aromatic rings. The first-order chi connectivity index (χ1) is 11.1. The second-order valence-corrected chi connectivity index (χ2v) is 6.30. The Hall–Kier alpha value is -1.75. The van der Waals surface area contributed by atoms with Crippen LogP contribution >= 0.6 is 0 Å². The Labute approximate surface area is 139 Å². The molecule has 0 saturated carbocycles. The minimum atomic E-state index is -0.0160. The molecule has 0 spiro atoms. The van der Waals surface area contributed by atoms with E-state index in [0.29, 0.717) is 0 Å². The Morgan fingerprint density at radius 3 is 2.39 bits per heavy atom. The van der Waals surface area contributed by atoms with Gasteiger partial charge in [-0.25, -0.2) is 4.79 Å². The van der Waals surface area contributed by atoms with Crippen molar-refractivity contribution in [2.45, 2.75) is 39.7 Å². The highest BCUT2D eigenvalue weighted by atomic mass is 16.5. The van der Waals surface area contributed by atoms with Crippen LogP contribution in [-0.2, 0) is 0 Å². The lowest BCUT2D eigenvalue weighted by molar-refractivity contribution is 0.146. The van der Waals surface area contributed by atoms with Crippen molar-refractivity contribution in [3.8, 4) is 5.75 Å². The normalized spacial score (nSPS) is 15.7. The van der Waals surface area contributed by atoms with Gasteiger partial charge in [0.1, 0.15) is 5.75 Å². The van der Waals surface area contributed by atoms with E-state index in [9.17, 15) is 4.79 Å². The van der Waals surface area contributed by atoms with Crippen LogP contribution in [0, 0.1) is 0 Å². The summed E-state index contributed by atoms with van der Waals surface area (Å²) in [6.45, 7) is 10.9. The third-order valence-electron chi connectivity index (χ3n) is 3.96. The van der Waals surface area contributed by atoms with Gasteiger partial charge < -0.3 is 15.0 Å². The molecule has 1 N–H and O–H groups in total. The highest BCUT2D eigenvalue weighted by molar-refractivity contribution is 5.89. The topological polar surface area (TPSA) is 44.8 Å². The van der Waals surface area contributed by atoms with Crippen molar-refractivity contribution in [1.82, 2.24) is 9.80 Å². The van der Waals surface area contributed by atoms with Crippen LogP contribution in [0.5, 0.6) is 5.75 Å². The number of urea groups is 1. The molecule has 0 unspecified atom stereocenters. The maximum atomic E-state index is 12.3. The number of piperazine rings is 1. The Kier molecular flexibility index (Phi) is 6.71. The molecule has 0 aromatic heterocycles. The number of carbonyl (C=O) groups is 1. The van der Waals surface area contributed by atoms with Gasteiger partial charge in [0.15, 0.2) is 0 Å². The first kappa shape index (κ1) is 17.6. The second-order valence-electron chi connectivity index (χ2n) is 6.30. The number of amides is 2. The van der Waals surface area contributed by atoms with Crippen LogP contribution in [0.4, 0.5) is 10.5 Å². The number of rotatable bonds is 6. The number of hydrogen-bond acceptors (Lipinski definition) is 3. The summed E-state index contributed by atoms with van der Waals surface area (Å²) in [6.07, 6.45) is 2.60. The van der Waals surface area contributed by atoms with Gasteiger partial charge in [0.2, 0.25) is 0 Å². The number of benzene rings is 1. The quantitative estimate of drug-likeness (QED) is 0.874. The summed E-state index contributed by atoms with van der Waals surface area (Å²) < 4.78 is 5.61. The van der Waals surface area contributed by atoms with Crippen LogP contribution in [0.25, 0.3) is 0 Å². The summed E-state index contributed by atoms with van der Waals surface area (Å²) in [7, 11) is 0. The van der Waals surface area contributed by atoms with E-state index in [4.69, 9.17) is 4.74 Å². The van der Waals surface area contributed by atoms with Crippen molar-refractivity contribution >= 4 is 11.7 Å². The summed E-state index contributed by atoms with van der Waals surface area (Å²) >= 11 is 0. The third-order valence-corrected chi connectivity index (χ3v) is 3.96. The van der Waals surface area contributed by atoms with Crippen LogP contribution in [0.3, 0.4) is 0 Å². The van der Waals surface area contributed by atoms with Crippen LogP contribution in [0.1, 0.15) is 33.6 Å². The maximum absolute atomic E-state index is 12.3. The molecule has 0 radical (unpaired) electrons. The molecular weight excluding hydrogens is 290 g/mol. The fourth-order valence-electron chi connectivity index (χ4n) is 2.65. The lowest BCUT2D eigenvalue weighted by Crippen LogP contribution is -2.50. The molecule has 0 bridgehead atoms. The fourth-order valence-corrected chi connectivity index (χ4v) is 2.65. The molecule has 0 aliphatic carbocycles. The first-order valence-corrected chi connectivity index (χ1v) is 8.63. The predicted octanol–water partition coefficient (Wildman–Crippen LogP) is 3.42. The molecule has 5 heteroatoms. The molecule has 1 aliphatic heterocycles. The predicted molar refractivity (Wildman–Crippen MR) is 94.1 cm³/mol. The molecule has 23 heavy (non-hydrogen) atoms. The number of ether oxygens (including phenoxy) is 1. The molecule has 1 saturated heterocycles. The van der Waals surface area contributed by atoms with E-state index in [2.05, 4.69) is 17.1 Å². The Bertz CT molecular complexity index is 480. The van der Waals surface area contributed by atoms with E-state index in [1.807, 2.05) is 43.0 Å². The molecule has 128 valence electrons. The highest BCUT2D eigenvalue weighted by Gasteiger charge is 2.20. The van der Waals surface area contributed by atoms with Crippen LogP contribution < -0.4 is 10.1 Å². The average Bonchev–Trinajstić information content (AvgIpc) is 2.54. The SMILES string of the molecule is CCCCN1CCN(C(=O)Nc2ccc(OC(C)C)cc2)CC1. The van der Waals surface area contributed by atoms with Gasteiger partial charge in [-0.1, -0.05) is 13.3 Å². The summed E-state index contributed by atoms with van der Waals surface area (Å²) in [5.74, 6) is 0.822. The maximum Gasteiger partial charge on any atom is 0.321 e. The van der Waals surface area contributed by atoms with E-state index in [1.165, 1.54) is 12.8 Å². The zero-order valence-electron chi connectivity index (χ0n) is 14.5. The van der Waals surface area contributed by atoms with Crippen molar-refractivity contribution in [2.75, 3.05) is 38.0 Å². The standard InChI is InChI=1S/C18H29N3O2/c1-4-5-10-20-11-13-21(14-12-20)18(22)19-16-6-8-17(9-7-16)23-15(2)3/h6-9,15H,4-5,10-14H2,1-3H3,(H,19,22). The van der Waals surface area contributed by atoms with Crippen molar-refractivity contribution in [3.63, 3.8) is 0 Å². The lowest BCUT2D eigenvalue weighted by atomic mass is 10.2. The molecule has 0 atom stereocenters. The molecule has 2 amide bonds. The average molecular weight is 319 g/mol. The van der Waals surface area contributed by atoms with Gasteiger partial charge in [-0.3, -0.25) is 4.90 Å².